The van der Waals surface area contributed by atoms with Crippen LogP contribution in [0.5, 0.6) is 0 Å². The average molecular weight is 321 g/mol. The van der Waals surface area contributed by atoms with Crippen molar-refractivity contribution in [3.05, 3.63) is 45.9 Å². The summed E-state index contributed by atoms with van der Waals surface area (Å²) in [6.45, 7) is 3.63. The van der Waals surface area contributed by atoms with Gasteiger partial charge in [-0.2, -0.15) is 5.26 Å². The second-order valence-corrected chi connectivity index (χ2v) is 7.25. The monoisotopic (exact) mass is 321 g/mol. The summed E-state index contributed by atoms with van der Waals surface area (Å²) in [7, 11) is -3.60. The molecule has 1 aromatic heterocycles. The SMILES string of the molecule is Cc1csc(C(C)NS(=O)(=O)c2ccc(CC#N)cc2)n1. The molecule has 0 aliphatic heterocycles. The number of benzene rings is 1. The van der Waals surface area contributed by atoms with Crippen molar-refractivity contribution in [1.82, 2.24) is 9.71 Å². The first kappa shape index (κ1) is 15.6. The van der Waals surface area contributed by atoms with Crippen LogP contribution in [0.15, 0.2) is 34.5 Å². The molecule has 0 radical (unpaired) electrons. The van der Waals surface area contributed by atoms with Crippen LogP contribution in [-0.4, -0.2) is 13.4 Å². The molecule has 7 heteroatoms. The molecule has 110 valence electrons. The molecule has 0 aliphatic carbocycles. The topological polar surface area (TPSA) is 82.9 Å². The molecule has 0 bridgehead atoms. The van der Waals surface area contributed by atoms with Crippen molar-refractivity contribution in [3.8, 4) is 6.07 Å². The Balaban J connectivity index is 2.16. The minimum atomic E-state index is -3.60. The smallest absolute Gasteiger partial charge is 0.241 e. The van der Waals surface area contributed by atoms with Crippen molar-refractivity contribution < 1.29 is 8.42 Å². The van der Waals surface area contributed by atoms with Gasteiger partial charge in [0.15, 0.2) is 0 Å². The third kappa shape index (κ3) is 3.88. The molecule has 1 heterocycles. The lowest BCUT2D eigenvalue weighted by Gasteiger charge is -2.12. The number of nitriles is 1. The number of aromatic nitrogens is 1. The van der Waals surface area contributed by atoms with E-state index >= 15 is 0 Å². The Morgan fingerprint density at radius 2 is 2.05 bits per heavy atom. The number of nitrogens with zero attached hydrogens (tertiary/aromatic N) is 2. The molecule has 21 heavy (non-hydrogen) atoms. The maximum atomic E-state index is 12.3. The van der Waals surface area contributed by atoms with Crippen LogP contribution < -0.4 is 4.72 Å². The summed E-state index contributed by atoms with van der Waals surface area (Å²) in [6.07, 6.45) is 0.266. The van der Waals surface area contributed by atoms with Crippen LogP contribution in [0, 0.1) is 18.3 Å². The molecule has 0 fully saturated rings. The second kappa shape index (κ2) is 6.35. The van der Waals surface area contributed by atoms with Crippen molar-refractivity contribution in [2.24, 2.45) is 0 Å². The lowest BCUT2D eigenvalue weighted by molar-refractivity contribution is 0.566. The van der Waals surface area contributed by atoms with Crippen LogP contribution in [0.25, 0.3) is 0 Å². The molecule has 0 saturated carbocycles. The van der Waals surface area contributed by atoms with Gasteiger partial charge < -0.3 is 0 Å². The highest BCUT2D eigenvalue weighted by molar-refractivity contribution is 7.89. The molecule has 1 N–H and O–H groups in total. The van der Waals surface area contributed by atoms with Crippen LogP contribution in [0.1, 0.15) is 29.2 Å². The number of rotatable bonds is 5. The Kier molecular flexibility index (Phi) is 4.73. The van der Waals surface area contributed by atoms with E-state index in [-0.39, 0.29) is 17.4 Å². The van der Waals surface area contributed by atoms with Crippen LogP contribution in [-0.2, 0) is 16.4 Å². The third-order valence-electron chi connectivity index (χ3n) is 2.86. The number of nitrogens with one attached hydrogen (secondary N) is 1. The fourth-order valence-electron chi connectivity index (χ4n) is 1.80. The fraction of sp³-hybridized carbons (Fsp3) is 0.286. The van der Waals surface area contributed by atoms with E-state index in [0.29, 0.717) is 0 Å². The molecule has 0 amide bonds. The highest BCUT2D eigenvalue weighted by Crippen LogP contribution is 2.20. The van der Waals surface area contributed by atoms with E-state index in [1.165, 1.54) is 23.5 Å². The van der Waals surface area contributed by atoms with E-state index in [0.717, 1.165) is 16.3 Å². The van der Waals surface area contributed by atoms with Crippen molar-refractivity contribution >= 4 is 21.4 Å². The summed E-state index contributed by atoms with van der Waals surface area (Å²) >= 11 is 1.43. The van der Waals surface area contributed by atoms with Crippen molar-refractivity contribution in [2.75, 3.05) is 0 Å². The fourth-order valence-corrected chi connectivity index (χ4v) is 3.89. The van der Waals surface area contributed by atoms with Gasteiger partial charge in [0.2, 0.25) is 10.0 Å². The summed E-state index contributed by atoms with van der Waals surface area (Å²) in [6, 6.07) is 7.96. The Bertz CT molecular complexity index is 758. The van der Waals surface area contributed by atoms with Gasteiger partial charge in [0, 0.05) is 11.1 Å². The predicted octanol–water partition coefficient (Wildman–Crippen LogP) is 2.56. The van der Waals surface area contributed by atoms with E-state index in [1.807, 2.05) is 18.4 Å². The van der Waals surface area contributed by atoms with Crippen molar-refractivity contribution in [3.63, 3.8) is 0 Å². The van der Waals surface area contributed by atoms with Gasteiger partial charge >= 0.3 is 0 Å². The van der Waals surface area contributed by atoms with E-state index in [1.54, 1.807) is 19.1 Å². The quantitative estimate of drug-likeness (QED) is 0.917. The first-order valence-electron chi connectivity index (χ1n) is 6.32. The van der Waals surface area contributed by atoms with Gasteiger partial charge in [-0.15, -0.1) is 11.3 Å². The zero-order valence-electron chi connectivity index (χ0n) is 11.7. The molecular weight excluding hydrogens is 306 g/mol. The summed E-state index contributed by atoms with van der Waals surface area (Å²) in [5.74, 6) is 0. The van der Waals surface area contributed by atoms with E-state index in [9.17, 15) is 8.42 Å². The number of aryl methyl sites for hydroxylation is 1. The molecular formula is C14H15N3O2S2. The first-order valence-corrected chi connectivity index (χ1v) is 8.69. The predicted molar refractivity (Wildman–Crippen MR) is 81.3 cm³/mol. The lowest BCUT2D eigenvalue weighted by Crippen LogP contribution is -2.26. The van der Waals surface area contributed by atoms with E-state index in [4.69, 9.17) is 5.26 Å². The van der Waals surface area contributed by atoms with Gasteiger partial charge in [-0.1, -0.05) is 12.1 Å². The van der Waals surface area contributed by atoms with Gasteiger partial charge in [-0.25, -0.2) is 18.1 Å². The molecule has 1 aromatic carbocycles. The molecule has 1 atom stereocenters. The first-order chi connectivity index (χ1) is 9.92. The average Bonchev–Trinajstić information content (AvgIpc) is 2.86. The lowest BCUT2D eigenvalue weighted by atomic mass is 10.2. The molecule has 0 saturated heterocycles. The van der Waals surface area contributed by atoms with Gasteiger partial charge in [0.25, 0.3) is 0 Å². The Morgan fingerprint density at radius 3 is 2.57 bits per heavy atom. The van der Waals surface area contributed by atoms with Gasteiger partial charge in [0.1, 0.15) is 5.01 Å². The zero-order chi connectivity index (χ0) is 15.5. The third-order valence-corrected chi connectivity index (χ3v) is 5.56. The zero-order valence-corrected chi connectivity index (χ0v) is 13.3. The molecule has 2 rings (SSSR count). The Hall–Kier alpha value is -1.75. The minimum absolute atomic E-state index is 0.185. The molecule has 0 spiro atoms. The van der Waals surface area contributed by atoms with Gasteiger partial charge in [-0.05, 0) is 31.5 Å². The summed E-state index contributed by atoms with van der Waals surface area (Å²) in [4.78, 5) is 4.47. The normalized spacial score (nSPS) is 12.8. The van der Waals surface area contributed by atoms with Gasteiger partial charge in [0.05, 0.1) is 23.4 Å². The van der Waals surface area contributed by atoms with E-state index < -0.39 is 10.0 Å². The molecule has 5 nitrogen and oxygen atoms in total. The van der Waals surface area contributed by atoms with Crippen LogP contribution in [0.2, 0.25) is 0 Å². The van der Waals surface area contributed by atoms with Crippen molar-refractivity contribution in [2.45, 2.75) is 31.2 Å². The summed E-state index contributed by atoms with van der Waals surface area (Å²) < 4.78 is 27.2. The van der Waals surface area contributed by atoms with Gasteiger partial charge in [-0.3, -0.25) is 0 Å². The number of hydrogen-bond acceptors (Lipinski definition) is 5. The summed E-state index contributed by atoms with van der Waals surface area (Å²) in [5, 5.41) is 11.2. The van der Waals surface area contributed by atoms with Crippen LogP contribution in [0.4, 0.5) is 0 Å². The maximum absolute atomic E-state index is 12.3. The number of sulfonamides is 1. The second-order valence-electron chi connectivity index (χ2n) is 4.65. The molecule has 2 aromatic rings. The molecule has 0 aliphatic rings. The number of hydrogen-bond donors (Lipinski definition) is 1. The van der Waals surface area contributed by atoms with E-state index in [2.05, 4.69) is 9.71 Å². The van der Waals surface area contributed by atoms with Crippen LogP contribution in [0.3, 0.4) is 0 Å². The molecule has 1 unspecified atom stereocenters. The summed E-state index contributed by atoms with van der Waals surface area (Å²) in [5.41, 5.74) is 1.67. The Labute approximate surface area is 128 Å². The minimum Gasteiger partial charge on any atom is -0.245 e. The largest absolute Gasteiger partial charge is 0.245 e. The van der Waals surface area contributed by atoms with Crippen LogP contribution >= 0.6 is 11.3 Å². The Morgan fingerprint density at radius 1 is 1.38 bits per heavy atom. The highest BCUT2D eigenvalue weighted by atomic mass is 32.2. The standard InChI is InChI=1S/C14H15N3O2S2/c1-10-9-20-14(16-10)11(2)17-21(18,19)13-5-3-12(4-6-13)7-8-15/h3-6,9,11,17H,7H2,1-2H3. The number of thiazole rings is 1. The maximum Gasteiger partial charge on any atom is 0.241 e. The highest BCUT2D eigenvalue weighted by Gasteiger charge is 2.20. The van der Waals surface area contributed by atoms with Crippen molar-refractivity contribution in [1.29, 1.82) is 5.26 Å².